The van der Waals surface area contributed by atoms with Gasteiger partial charge >= 0.3 is 6.18 Å². The van der Waals surface area contributed by atoms with Gasteiger partial charge in [-0.05, 0) is 29.3 Å². The zero-order valence-electron chi connectivity index (χ0n) is 18.9. The molecule has 0 spiro atoms. The van der Waals surface area contributed by atoms with Gasteiger partial charge in [-0.3, -0.25) is 19.4 Å². The van der Waals surface area contributed by atoms with Crippen molar-refractivity contribution in [3.8, 4) is 0 Å². The molecule has 0 unspecified atom stereocenters. The summed E-state index contributed by atoms with van der Waals surface area (Å²) in [7, 11) is 0. The van der Waals surface area contributed by atoms with Crippen molar-refractivity contribution in [1.29, 1.82) is 0 Å². The van der Waals surface area contributed by atoms with Crippen LogP contribution < -0.4 is 4.90 Å². The topological polar surface area (TPSA) is 70.0 Å². The highest BCUT2D eigenvalue weighted by molar-refractivity contribution is 6.32. The van der Waals surface area contributed by atoms with Crippen LogP contribution in [0.25, 0.3) is 0 Å². The summed E-state index contributed by atoms with van der Waals surface area (Å²) in [5.41, 5.74) is 0.387. The number of halogens is 4. The Kier molecular flexibility index (Phi) is 5.24. The lowest BCUT2D eigenvalue weighted by molar-refractivity contribution is -0.137. The number of carbonyl (C=O) groups is 3. The largest absolute Gasteiger partial charge is 0.417 e. The molecule has 10 heteroatoms. The SMILES string of the molecule is O=C(c1ccccc1)[C@@H]1[C@@H]2C(=O)N(c3ccc(Cl)c(C(F)(F)F)c3)C(=O)[C@@H]2[C@H]2c3ccccc3C=NN12. The van der Waals surface area contributed by atoms with Crippen LogP contribution in [0.3, 0.4) is 0 Å². The molecule has 2 fully saturated rings. The first-order valence-corrected chi connectivity index (χ1v) is 11.8. The first-order valence-electron chi connectivity index (χ1n) is 11.4. The van der Waals surface area contributed by atoms with Crippen LogP contribution in [0.5, 0.6) is 0 Å². The Morgan fingerprint density at radius 3 is 2.30 bits per heavy atom. The second kappa shape index (κ2) is 8.27. The number of hydrogen-bond acceptors (Lipinski definition) is 5. The van der Waals surface area contributed by atoms with Gasteiger partial charge in [-0.15, -0.1) is 0 Å². The molecule has 2 amide bonds. The molecule has 0 bridgehead atoms. The van der Waals surface area contributed by atoms with Gasteiger partial charge in [0.05, 0.1) is 40.4 Å². The van der Waals surface area contributed by atoms with Crippen molar-refractivity contribution >= 4 is 41.1 Å². The van der Waals surface area contributed by atoms with Crippen molar-refractivity contribution in [1.82, 2.24) is 5.01 Å². The molecule has 2 saturated heterocycles. The predicted molar refractivity (Wildman–Crippen MR) is 129 cm³/mol. The van der Waals surface area contributed by atoms with Gasteiger partial charge in [-0.1, -0.05) is 66.2 Å². The normalized spacial score (nSPS) is 24.2. The molecule has 6 rings (SSSR count). The molecule has 0 radical (unpaired) electrons. The molecule has 0 aromatic heterocycles. The molecule has 6 nitrogen and oxygen atoms in total. The molecule has 4 atom stereocenters. The number of hydrazone groups is 1. The molecule has 3 aliphatic heterocycles. The Labute approximate surface area is 213 Å². The van der Waals surface area contributed by atoms with E-state index in [0.717, 1.165) is 16.5 Å². The zero-order valence-corrected chi connectivity index (χ0v) is 19.6. The first-order chi connectivity index (χ1) is 17.7. The molecule has 186 valence electrons. The number of rotatable bonds is 3. The van der Waals surface area contributed by atoms with Crippen molar-refractivity contribution in [2.75, 3.05) is 4.90 Å². The van der Waals surface area contributed by atoms with E-state index < -0.39 is 58.3 Å². The lowest BCUT2D eigenvalue weighted by Crippen LogP contribution is -2.44. The van der Waals surface area contributed by atoms with Gasteiger partial charge in [0, 0.05) is 5.56 Å². The van der Waals surface area contributed by atoms with Crippen molar-refractivity contribution in [3.05, 3.63) is 100 Å². The number of carbonyl (C=O) groups excluding carboxylic acids is 3. The highest BCUT2D eigenvalue weighted by Gasteiger charge is 2.65. The number of Topliss-reactive ketones (excluding diaryl/α,β-unsaturated/α-hetero) is 1. The number of imide groups is 1. The van der Waals surface area contributed by atoms with Crippen molar-refractivity contribution in [2.45, 2.75) is 18.3 Å². The van der Waals surface area contributed by atoms with Crippen LogP contribution in [0.2, 0.25) is 5.02 Å². The van der Waals surface area contributed by atoms with Crippen LogP contribution in [0, 0.1) is 11.8 Å². The number of hydrogen-bond donors (Lipinski definition) is 0. The maximum Gasteiger partial charge on any atom is 0.417 e. The van der Waals surface area contributed by atoms with Crippen LogP contribution in [0.4, 0.5) is 18.9 Å². The molecule has 3 aromatic rings. The average Bonchev–Trinajstić information content (AvgIpc) is 3.36. The summed E-state index contributed by atoms with van der Waals surface area (Å²) >= 11 is 5.76. The summed E-state index contributed by atoms with van der Waals surface area (Å²) in [5.74, 6) is -3.99. The third-order valence-corrected chi connectivity index (χ3v) is 7.46. The fourth-order valence-electron chi connectivity index (χ4n) is 5.57. The maximum absolute atomic E-state index is 13.8. The summed E-state index contributed by atoms with van der Waals surface area (Å²) in [6.45, 7) is 0. The van der Waals surface area contributed by atoms with Gasteiger partial charge in [0.25, 0.3) is 0 Å². The molecule has 0 saturated carbocycles. The number of nitrogens with zero attached hydrogens (tertiary/aromatic N) is 3. The molecular weight excluding hydrogens is 507 g/mol. The number of ketones is 1. The summed E-state index contributed by atoms with van der Waals surface area (Å²) in [6.07, 6.45) is -3.20. The predicted octanol–water partition coefficient (Wildman–Crippen LogP) is 5.12. The minimum atomic E-state index is -4.78. The summed E-state index contributed by atoms with van der Waals surface area (Å²) in [4.78, 5) is 42.1. The minimum absolute atomic E-state index is 0.244. The standard InChI is InChI=1S/C27H17ClF3N3O3/c28-19-11-10-16(12-18(19)27(29,30)31)33-25(36)20-21(26(33)37)23(24(35)14-6-2-1-3-7-14)34-22(20)17-9-5-4-8-15(17)13-32-34/h1-13,20-23H/t20-,21+,22+,23-/m0/s1. The fourth-order valence-corrected chi connectivity index (χ4v) is 5.79. The highest BCUT2D eigenvalue weighted by Crippen LogP contribution is 2.53. The van der Waals surface area contributed by atoms with Crippen molar-refractivity contribution in [2.24, 2.45) is 16.9 Å². The van der Waals surface area contributed by atoms with E-state index in [1.54, 1.807) is 54.7 Å². The lowest BCUT2D eigenvalue weighted by atomic mass is 9.83. The Morgan fingerprint density at radius 2 is 1.57 bits per heavy atom. The smallest absolute Gasteiger partial charge is 0.292 e. The third kappa shape index (κ3) is 3.48. The van der Waals surface area contributed by atoms with Gasteiger partial charge in [-0.2, -0.15) is 18.3 Å². The summed E-state index contributed by atoms with van der Waals surface area (Å²) in [6, 6.07) is 16.6. The van der Waals surface area contributed by atoms with Gasteiger partial charge < -0.3 is 0 Å². The molecule has 37 heavy (non-hydrogen) atoms. The van der Waals surface area contributed by atoms with Crippen LogP contribution in [-0.2, 0) is 15.8 Å². The Bertz CT molecular complexity index is 1490. The van der Waals surface area contributed by atoms with Crippen molar-refractivity contribution in [3.63, 3.8) is 0 Å². The van der Waals surface area contributed by atoms with Gasteiger partial charge in [0.2, 0.25) is 11.8 Å². The first kappa shape index (κ1) is 23.4. The van der Waals surface area contributed by atoms with E-state index in [2.05, 4.69) is 5.10 Å². The number of anilines is 1. The summed E-state index contributed by atoms with van der Waals surface area (Å²) < 4.78 is 40.6. The Balaban J connectivity index is 1.49. The lowest BCUT2D eigenvalue weighted by Gasteiger charge is -2.33. The van der Waals surface area contributed by atoms with Gasteiger partial charge in [0.1, 0.15) is 6.04 Å². The fraction of sp³-hybridized carbons (Fsp3) is 0.185. The van der Waals surface area contributed by atoms with Crippen LogP contribution >= 0.6 is 11.6 Å². The van der Waals surface area contributed by atoms with E-state index >= 15 is 0 Å². The van der Waals surface area contributed by atoms with E-state index in [9.17, 15) is 27.6 Å². The van der Waals surface area contributed by atoms with E-state index in [-0.39, 0.29) is 5.69 Å². The molecular formula is C27H17ClF3N3O3. The quantitative estimate of drug-likeness (QED) is 0.353. The van der Waals surface area contributed by atoms with E-state index in [1.165, 1.54) is 11.1 Å². The number of benzene rings is 3. The zero-order chi connectivity index (χ0) is 26.1. The monoisotopic (exact) mass is 523 g/mol. The van der Waals surface area contributed by atoms with Crippen LogP contribution in [-0.4, -0.2) is 34.9 Å². The average molecular weight is 524 g/mol. The third-order valence-electron chi connectivity index (χ3n) is 7.13. The van der Waals surface area contributed by atoms with E-state index in [0.29, 0.717) is 17.2 Å². The number of alkyl halides is 3. The van der Waals surface area contributed by atoms with Crippen LogP contribution in [0.1, 0.15) is 33.1 Å². The van der Waals surface area contributed by atoms with E-state index in [1.807, 2.05) is 6.07 Å². The molecule has 3 aromatic carbocycles. The van der Waals surface area contributed by atoms with Crippen LogP contribution in [0.15, 0.2) is 77.9 Å². The van der Waals surface area contributed by atoms with Crippen molar-refractivity contribution < 1.29 is 27.6 Å². The highest BCUT2D eigenvalue weighted by atomic mass is 35.5. The molecule has 0 aliphatic carbocycles. The second-order valence-electron chi connectivity index (χ2n) is 9.10. The Hall–Kier alpha value is -3.98. The van der Waals surface area contributed by atoms with Gasteiger partial charge in [0.15, 0.2) is 5.78 Å². The van der Waals surface area contributed by atoms with Gasteiger partial charge in [-0.25, -0.2) is 4.90 Å². The molecule has 0 N–H and O–H groups in total. The van der Waals surface area contributed by atoms with E-state index in [4.69, 9.17) is 11.6 Å². The maximum atomic E-state index is 13.8. The Morgan fingerprint density at radius 1 is 0.892 bits per heavy atom. The molecule has 3 aliphatic rings. The number of fused-ring (bicyclic) bond motifs is 5. The molecule has 3 heterocycles. The second-order valence-corrected chi connectivity index (χ2v) is 9.51. The number of amides is 2. The minimum Gasteiger partial charge on any atom is -0.292 e. The summed E-state index contributed by atoms with van der Waals surface area (Å²) in [5, 5.41) is 5.42.